The molecule has 4 nitrogen and oxygen atoms in total. The lowest BCUT2D eigenvalue weighted by Gasteiger charge is -2.15. The summed E-state index contributed by atoms with van der Waals surface area (Å²) in [6.45, 7) is 1.70. The van der Waals surface area contributed by atoms with Gasteiger partial charge < -0.3 is 10.2 Å². The van der Waals surface area contributed by atoms with Crippen LogP contribution < -0.4 is 10.2 Å². The minimum atomic E-state index is -0.244. The number of hydrogen-bond donors (Lipinski definition) is 1. The van der Waals surface area contributed by atoms with Crippen LogP contribution in [0.1, 0.15) is 18.4 Å². The normalized spacial score (nSPS) is 17.7. The van der Waals surface area contributed by atoms with Crippen LogP contribution in [0.5, 0.6) is 0 Å². The molecule has 1 aliphatic rings. The van der Waals surface area contributed by atoms with Crippen LogP contribution >= 0.6 is 11.3 Å². The first-order chi connectivity index (χ1) is 10.7. The minimum absolute atomic E-state index is 0.0192. The third-order valence-corrected chi connectivity index (χ3v) is 4.65. The van der Waals surface area contributed by atoms with Gasteiger partial charge in [0.1, 0.15) is 5.82 Å². The number of hydrogen-bond acceptors (Lipinski definition) is 4. The van der Waals surface area contributed by atoms with Gasteiger partial charge in [-0.15, -0.1) is 11.3 Å². The predicted molar refractivity (Wildman–Crippen MR) is 85.6 cm³/mol. The third-order valence-electron chi connectivity index (χ3n) is 3.82. The average molecular weight is 319 g/mol. The summed E-state index contributed by atoms with van der Waals surface area (Å²) in [7, 11) is 0. The number of aromatic nitrogens is 1. The molecule has 0 saturated carbocycles. The minimum Gasteiger partial charge on any atom is -0.352 e. The number of nitrogens with one attached hydrogen (secondary N) is 1. The van der Waals surface area contributed by atoms with Crippen molar-refractivity contribution in [1.82, 2.24) is 10.3 Å². The Bertz CT molecular complexity index is 632. The van der Waals surface area contributed by atoms with Crippen LogP contribution in [-0.4, -0.2) is 30.0 Å². The Morgan fingerprint density at radius 3 is 3.09 bits per heavy atom. The molecule has 0 aliphatic carbocycles. The van der Waals surface area contributed by atoms with Gasteiger partial charge in [-0.25, -0.2) is 9.37 Å². The van der Waals surface area contributed by atoms with E-state index in [1.54, 1.807) is 35.7 Å². The number of thiazole rings is 1. The molecule has 1 amide bonds. The molecule has 22 heavy (non-hydrogen) atoms. The number of carbonyl (C=O) groups is 1. The van der Waals surface area contributed by atoms with Gasteiger partial charge >= 0.3 is 0 Å². The van der Waals surface area contributed by atoms with Crippen LogP contribution in [-0.2, 0) is 11.2 Å². The zero-order valence-electron chi connectivity index (χ0n) is 12.2. The lowest BCUT2D eigenvalue weighted by Crippen LogP contribution is -2.37. The maximum atomic E-state index is 13.5. The number of carbonyl (C=O) groups excluding carboxylic acids is 1. The second-order valence-electron chi connectivity index (χ2n) is 5.41. The zero-order valence-corrected chi connectivity index (χ0v) is 13.0. The SMILES string of the molecule is O=C(CCc1ccccc1F)NC1CCN(c2nccs2)C1. The number of amides is 1. The highest BCUT2D eigenvalue weighted by Crippen LogP contribution is 2.22. The summed E-state index contributed by atoms with van der Waals surface area (Å²) in [4.78, 5) is 18.5. The monoisotopic (exact) mass is 319 g/mol. The first-order valence-electron chi connectivity index (χ1n) is 7.39. The van der Waals surface area contributed by atoms with Gasteiger partial charge in [0.25, 0.3) is 0 Å². The molecule has 2 aromatic rings. The summed E-state index contributed by atoms with van der Waals surface area (Å²) in [5.74, 6) is -0.264. The van der Waals surface area contributed by atoms with E-state index in [0.29, 0.717) is 18.4 Å². The van der Waals surface area contributed by atoms with E-state index in [0.717, 1.165) is 24.6 Å². The van der Waals surface area contributed by atoms with E-state index in [-0.39, 0.29) is 17.8 Å². The number of benzene rings is 1. The molecule has 0 radical (unpaired) electrons. The summed E-state index contributed by atoms with van der Waals surface area (Å²) in [6.07, 6.45) is 3.46. The van der Waals surface area contributed by atoms with Crippen molar-refractivity contribution in [3.63, 3.8) is 0 Å². The molecule has 0 spiro atoms. The fraction of sp³-hybridized carbons (Fsp3) is 0.375. The maximum Gasteiger partial charge on any atom is 0.220 e. The molecule has 1 atom stereocenters. The largest absolute Gasteiger partial charge is 0.352 e. The number of rotatable bonds is 5. The van der Waals surface area contributed by atoms with Crippen molar-refractivity contribution in [3.8, 4) is 0 Å². The van der Waals surface area contributed by atoms with Crippen molar-refractivity contribution in [3.05, 3.63) is 47.2 Å². The van der Waals surface area contributed by atoms with Crippen LogP contribution in [0.25, 0.3) is 0 Å². The van der Waals surface area contributed by atoms with Crippen molar-refractivity contribution in [2.75, 3.05) is 18.0 Å². The molecule has 1 saturated heterocycles. The highest BCUT2D eigenvalue weighted by Gasteiger charge is 2.25. The highest BCUT2D eigenvalue weighted by molar-refractivity contribution is 7.13. The number of halogens is 1. The van der Waals surface area contributed by atoms with Crippen LogP contribution in [0.3, 0.4) is 0 Å². The fourth-order valence-electron chi connectivity index (χ4n) is 2.67. The summed E-state index contributed by atoms with van der Waals surface area (Å²) in [6, 6.07) is 6.75. The molecule has 6 heteroatoms. The smallest absolute Gasteiger partial charge is 0.220 e. The molecule has 2 heterocycles. The maximum absolute atomic E-state index is 13.5. The number of aryl methyl sites for hydroxylation is 1. The molecule has 3 rings (SSSR count). The Morgan fingerprint density at radius 1 is 1.45 bits per heavy atom. The number of nitrogens with zero attached hydrogens (tertiary/aromatic N) is 2. The second kappa shape index (κ2) is 6.87. The van der Waals surface area contributed by atoms with E-state index >= 15 is 0 Å². The van der Waals surface area contributed by atoms with Crippen LogP contribution in [0, 0.1) is 5.82 Å². The van der Waals surface area contributed by atoms with Crippen molar-refractivity contribution in [2.24, 2.45) is 0 Å². The second-order valence-corrected chi connectivity index (χ2v) is 6.28. The summed E-state index contributed by atoms with van der Waals surface area (Å²) >= 11 is 1.61. The van der Waals surface area contributed by atoms with E-state index in [2.05, 4.69) is 15.2 Å². The van der Waals surface area contributed by atoms with Gasteiger partial charge in [0.15, 0.2) is 5.13 Å². The number of anilines is 1. The molecule has 0 bridgehead atoms. The van der Waals surface area contributed by atoms with E-state index in [1.165, 1.54) is 6.07 Å². The van der Waals surface area contributed by atoms with Crippen molar-refractivity contribution in [1.29, 1.82) is 0 Å². The highest BCUT2D eigenvalue weighted by atomic mass is 32.1. The zero-order chi connectivity index (χ0) is 15.4. The van der Waals surface area contributed by atoms with E-state index in [4.69, 9.17) is 0 Å². The topological polar surface area (TPSA) is 45.2 Å². The van der Waals surface area contributed by atoms with Crippen LogP contribution in [0.4, 0.5) is 9.52 Å². The Balaban J connectivity index is 1.46. The molecule has 1 aromatic heterocycles. The van der Waals surface area contributed by atoms with Crippen molar-refractivity contribution < 1.29 is 9.18 Å². The van der Waals surface area contributed by atoms with Gasteiger partial charge in [-0.2, -0.15) is 0 Å². The average Bonchev–Trinajstić information content (AvgIpc) is 3.17. The predicted octanol–water partition coefficient (Wildman–Crippen LogP) is 2.61. The molecule has 1 aliphatic heterocycles. The van der Waals surface area contributed by atoms with Gasteiger partial charge in [-0.05, 0) is 24.5 Å². The van der Waals surface area contributed by atoms with Crippen LogP contribution in [0.15, 0.2) is 35.8 Å². The molecule has 1 aromatic carbocycles. The van der Waals surface area contributed by atoms with Gasteiger partial charge in [-0.1, -0.05) is 18.2 Å². The van der Waals surface area contributed by atoms with Gasteiger partial charge in [0, 0.05) is 37.1 Å². The molecular formula is C16H18FN3OS. The Morgan fingerprint density at radius 2 is 2.32 bits per heavy atom. The van der Waals surface area contributed by atoms with E-state index in [1.807, 2.05) is 5.38 Å². The Kier molecular flexibility index (Phi) is 4.68. The summed E-state index contributed by atoms with van der Waals surface area (Å²) in [5.41, 5.74) is 0.591. The molecule has 1 unspecified atom stereocenters. The van der Waals surface area contributed by atoms with Crippen LogP contribution in [0.2, 0.25) is 0 Å². The lowest BCUT2D eigenvalue weighted by molar-refractivity contribution is -0.121. The van der Waals surface area contributed by atoms with Gasteiger partial charge in [0.2, 0.25) is 5.91 Å². The quantitative estimate of drug-likeness (QED) is 0.921. The molecule has 116 valence electrons. The Labute approximate surface area is 133 Å². The lowest BCUT2D eigenvalue weighted by atomic mass is 10.1. The van der Waals surface area contributed by atoms with Gasteiger partial charge in [-0.3, -0.25) is 4.79 Å². The van der Waals surface area contributed by atoms with E-state index < -0.39 is 0 Å². The molecule has 1 fully saturated rings. The molecule has 1 N–H and O–H groups in total. The Hall–Kier alpha value is -1.95. The first-order valence-corrected chi connectivity index (χ1v) is 8.27. The molecular weight excluding hydrogens is 301 g/mol. The standard InChI is InChI=1S/C16H18FN3OS/c17-14-4-2-1-3-12(14)5-6-15(21)19-13-7-9-20(11-13)16-18-8-10-22-16/h1-4,8,10,13H,5-7,9,11H2,(H,19,21). The van der Waals surface area contributed by atoms with Crippen molar-refractivity contribution >= 4 is 22.4 Å². The van der Waals surface area contributed by atoms with Gasteiger partial charge in [0.05, 0.1) is 0 Å². The first kappa shape index (κ1) is 15.0. The summed E-state index contributed by atoms with van der Waals surface area (Å²) in [5, 5.41) is 5.99. The fourth-order valence-corrected chi connectivity index (χ4v) is 3.35. The summed E-state index contributed by atoms with van der Waals surface area (Å²) < 4.78 is 13.5. The van der Waals surface area contributed by atoms with E-state index in [9.17, 15) is 9.18 Å². The third kappa shape index (κ3) is 3.62. The van der Waals surface area contributed by atoms with Crippen molar-refractivity contribution in [2.45, 2.75) is 25.3 Å².